The highest BCUT2D eigenvalue weighted by Gasteiger charge is 2.19. The summed E-state index contributed by atoms with van der Waals surface area (Å²) >= 11 is 0. The first-order valence-corrected chi connectivity index (χ1v) is 31.2. The van der Waals surface area contributed by atoms with Crippen LogP contribution in [0.2, 0.25) is 0 Å². The molecule has 0 radical (unpaired) electrons. The zero-order valence-electron chi connectivity index (χ0n) is 46.9. The van der Waals surface area contributed by atoms with Crippen molar-refractivity contribution in [1.29, 1.82) is 0 Å². The molecule has 0 N–H and O–H groups in total. The Morgan fingerprint density at radius 3 is 0.725 bits per heavy atom. The van der Waals surface area contributed by atoms with Crippen molar-refractivity contribution in [3.05, 3.63) is 12.2 Å². The number of hydrogen-bond donors (Lipinski definition) is 0. The number of hydrogen-bond acceptors (Lipinski definition) is 6. The molecule has 0 aromatic carbocycles. The summed E-state index contributed by atoms with van der Waals surface area (Å²) in [7, 11) is 0. The van der Waals surface area contributed by atoms with Crippen LogP contribution >= 0.6 is 0 Å². The summed E-state index contributed by atoms with van der Waals surface area (Å²) < 4.78 is 16.9. The van der Waals surface area contributed by atoms with E-state index in [2.05, 4.69) is 32.9 Å². The zero-order valence-corrected chi connectivity index (χ0v) is 46.9. The third-order valence-corrected chi connectivity index (χ3v) is 14.3. The predicted octanol–water partition coefficient (Wildman–Crippen LogP) is 20.9. The van der Waals surface area contributed by atoms with Crippen molar-refractivity contribution < 1.29 is 28.6 Å². The van der Waals surface area contributed by atoms with Gasteiger partial charge < -0.3 is 14.2 Å². The topological polar surface area (TPSA) is 78.9 Å². The molecule has 0 fully saturated rings. The van der Waals surface area contributed by atoms with E-state index in [-0.39, 0.29) is 31.1 Å². The number of ether oxygens (including phenoxy) is 3. The van der Waals surface area contributed by atoms with E-state index >= 15 is 0 Å². The second-order valence-corrected chi connectivity index (χ2v) is 21.3. The van der Waals surface area contributed by atoms with Gasteiger partial charge in [-0.05, 0) is 44.9 Å². The Morgan fingerprint density at radius 1 is 0.275 bits per heavy atom. The Morgan fingerprint density at radius 2 is 0.478 bits per heavy atom. The zero-order chi connectivity index (χ0) is 50.0. The molecule has 1 atom stereocenters. The fourth-order valence-electron chi connectivity index (χ4n) is 9.56. The molecule has 0 aromatic rings. The first-order chi connectivity index (χ1) is 34.0. The molecule has 0 saturated heterocycles. The number of unbranched alkanes of at least 4 members (excludes halogenated alkanes) is 45. The Hall–Kier alpha value is -1.85. The largest absolute Gasteiger partial charge is 0.462 e. The summed E-state index contributed by atoms with van der Waals surface area (Å²) in [5.74, 6) is -0.836. The average Bonchev–Trinajstić information content (AvgIpc) is 3.35. The van der Waals surface area contributed by atoms with Gasteiger partial charge in [0.1, 0.15) is 13.2 Å². The average molecular weight is 974 g/mol. The van der Waals surface area contributed by atoms with Gasteiger partial charge >= 0.3 is 17.9 Å². The van der Waals surface area contributed by atoms with Gasteiger partial charge in [0.05, 0.1) is 0 Å². The monoisotopic (exact) mass is 973 g/mol. The van der Waals surface area contributed by atoms with E-state index in [1.807, 2.05) is 0 Å². The van der Waals surface area contributed by atoms with Crippen molar-refractivity contribution in [2.75, 3.05) is 13.2 Å². The molecular formula is C63H120O6. The van der Waals surface area contributed by atoms with E-state index in [0.717, 1.165) is 57.8 Å². The lowest BCUT2D eigenvalue weighted by Crippen LogP contribution is -2.30. The van der Waals surface area contributed by atoms with Crippen molar-refractivity contribution in [3.63, 3.8) is 0 Å². The van der Waals surface area contributed by atoms with Crippen LogP contribution in [0.5, 0.6) is 0 Å². The third-order valence-electron chi connectivity index (χ3n) is 14.3. The molecule has 6 nitrogen and oxygen atoms in total. The van der Waals surface area contributed by atoms with Gasteiger partial charge in [0, 0.05) is 19.3 Å². The van der Waals surface area contributed by atoms with E-state index in [4.69, 9.17) is 14.2 Å². The van der Waals surface area contributed by atoms with Crippen LogP contribution in [-0.2, 0) is 28.6 Å². The first-order valence-electron chi connectivity index (χ1n) is 31.2. The Bertz CT molecular complexity index is 1070. The predicted molar refractivity (Wildman–Crippen MR) is 298 cm³/mol. The minimum Gasteiger partial charge on any atom is -0.462 e. The van der Waals surface area contributed by atoms with Gasteiger partial charge in [0.25, 0.3) is 0 Å². The van der Waals surface area contributed by atoms with E-state index in [1.165, 1.54) is 257 Å². The van der Waals surface area contributed by atoms with Gasteiger partial charge in [-0.1, -0.05) is 303 Å². The van der Waals surface area contributed by atoms with Crippen LogP contribution in [0.1, 0.15) is 355 Å². The lowest BCUT2D eigenvalue weighted by molar-refractivity contribution is -0.167. The molecule has 0 bridgehead atoms. The van der Waals surface area contributed by atoms with Crippen LogP contribution in [0.25, 0.3) is 0 Å². The molecule has 0 aliphatic rings. The summed E-state index contributed by atoms with van der Waals surface area (Å²) in [6, 6.07) is 0. The molecule has 6 heteroatoms. The number of carbonyl (C=O) groups is 3. The van der Waals surface area contributed by atoms with Crippen LogP contribution in [0.4, 0.5) is 0 Å². The van der Waals surface area contributed by atoms with Gasteiger partial charge in [0.2, 0.25) is 0 Å². The van der Waals surface area contributed by atoms with Crippen LogP contribution in [0.15, 0.2) is 12.2 Å². The molecule has 0 amide bonds. The standard InChI is InChI=1S/C63H120O6/c1-4-7-10-13-16-19-22-25-28-30-31-33-35-38-41-44-47-50-53-56-62(65)68-59-60(58-67-61(64)55-52-49-46-43-40-37-34-27-24-21-18-15-12-9-6-3)69-63(66)57-54-51-48-45-42-39-36-32-29-26-23-20-17-14-11-8-5-2/h25,28,60H,4-24,26-27,29-59H2,1-3H3/b28-25-. The fraction of sp³-hybridized carbons (Fsp3) is 0.921. The maximum Gasteiger partial charge on any atom is 0.306 e. The Balaban J connectivity index is 4.30. The summed E-state index contributed by atoms with van der Waals surface area (Å²) in [6.07, 6.45) is 67.8. The maximum atomic E-state index is 12.9. The van der Waals surface area contributed by atoms with E-state index in [1.54, 1.807) is 0 Å². The number of allylic oxidation sites excluding steroid dienone is 2. The van der Waals surface area contributed by atoms with Crippen molar-refractivity contribution in [3.8, 4) is 0 Å². The molecule has 0 spiro atoms. The molecular weight excluding hydrogens is 853 g/mol. The van der Waals surface area contributed by atoms with Crippen LogP contribution in [-0.4, -0.2) is 37.2 Å². The van der Waals surface area contributed by atoms with Crippen molar-refractivity contribution in [1.82, 2.24) is 0 Å². The molecule has 0 heterocycles. The molecule has 0 saturated carbocycles. The van der Waals surface area contributed by atoms with E-state index in [9.17, 15) is 14.4 Å². The highest BCUT2D eigenvalue weighted by Crippen LogP contribution is 2.18. The SMILES string of the molecule is CCCCCCCC/C=C\CCCCCCCCCCCC(=O)OCC(COC(=O)CCCCCCCCCCCCCCCCC)OC(=O)CCCCCCCCCCCCCCCCCCC. The highest BCUT2D eigenvalue weighted by molar-refractivity contribution is 5.71. The van der Waals surface area contributed by atoms with Gasteiger partial charge in [-0.2, -0.15) is 0 Å². The minimum atomic E-state index is -0.765. The molecule has 0 aliphatic heterocycles. The van der Waals surface area contributed by atoms with Crippen LogP contribution < -0.4 is 0 Å². The Labute approximate surface area is 431 Å². The second-order valence-electron chi connectivity index (χ2n) is 21.3. The molecule has 0 aliphatic carbocycles. The highest BCUT2D eigenvalue weighted by atomic mass is 16.6. The smallest absolute Gasteiger partial charge is 0.306 e. The number of esters is 3. The third kappa shape index (κ3) is 56.9. The van der Waals surface area contributed by atoms with Crippen LogP contribution in [0.3, 0.4) is 0 Å². The van der Waals surface area contributed by atoms with E-state index in [0.29, 0.717) is 19.3 Å². The minimum absolute atomic E-state index is 0.0639. The fourth-order valence-corrected chi connectivity index (χ4v) is 9.56. The second kappa shape index (κ2) is 58.7. The lowest BCUT2D eigenvalue weighted by atomic mass is 10.0. The molecule has 408 valence electrons. The van der Waals surface area contributed by atoms with Crippen molar-refractivity contribution in [2.45, 2.75) is 361 Å². The normalized spacial score (nSPS) is 12.0. The first kappa shape index (κ1) is 67.1. The summed E-state index contributed by atoms with van der Waals surface area (Å²) in [6.45, 7) is 6.71. The van der Waals surface area contributed by atoms with Gasteiger partial charge in [-0.25, -0.2) is 0 Å². The van der Waals surface area contributed by atoms with Gasteiger partial charge in [0.15, 0.2) is 6.10 Å². The maximum absolute atomic E-state index is 12.9. The van der Waals surface area contributed by atoms with Gasteiger partial charge in [-0.15, -0.1) is 0 Å². The molecule has 69 heavy (non-hydrogen) atoms. The number of rotatable bonds is 58. The Kier molecular flexibility index (Phi) is 57.1. The van der Waals surface area contributed by atoms with Crippen LogP contribution in [0, 0.1) is 0 Å². The molecule has 0 aromatic heterocycles. The molecule has 1 unspecified atom stereocenters. The summed E-state index contributed by atoms with van der Waals surface area (Å²) in [5.41, 5.74) is 0. The molecule has 0 rings (SSSR count). The van der Waals surface area contributed by atoms with E-state index < -0.39 is 6.10 Å². The van der Waals surface area contributed by atoms with Crippen molar-refractivity contribution >= 4 is 17.9 Å². The quantitative estimate of drug-likeness (QED) is 0.0261. The summed E-state index contributed by atoms with van der Waals surface area (Å²) in [4.78, 5) is 38.3. The van der Waals surface area contributed by atoms with Crippen molar-refractivity contribution in [2.24, 2.45) is 0 Å². The number of carbonyl (C=O) groups excluding carboxylic acids is 3. The summed E-state index contributed by atoms with van der Waals surface area (Å²) in [5, 5.41) is 0. The lowest BCUT2D eigenvalue weighted by Gasteiger charge is -2.18. The van der Waals surface area contributed by atoms with Gasteiger partial charge in [-0.3, -0.25) is 14.4 Å².